The molecule has 2 fully saturated rings. The highest BCUT2D eigenvalue weighted by Gasteiger charge is 2.28. The summed E-state index contributed by atoms with van der Waals surface area (Å²) in [6, 6.07) is 15.2. The molecule has 0 N–H and O–H groups in total. The van der Waals surface area contributed by atoms with Gasteiger partial charge in [-0.25, -0.2) is 13.2 Å². The van der Waals surface area contributed by atoms with Crippen molar-refractivity contribution in [3.8, 4) is 16.9 Å². The van der Waals surface area contributed by atoms with Crippen LogP contribution in [-0.4, -0.2) is 19.8 Å². The minimum atomic E-state index is -0.824. The van der Waals surface area contributed by atoms with Gasteiger partial charge in [0.05, 0.1) is 12.7 Å². The van der Waals surface area contributed by atoms with Crippen LogP contribution >= 0.6 is 0 Å². The quantitative estimate of drug-likeness (QED) is 0.347. The molecule has 0 spiro atoms. The summed E-state index contributed by atoms with van der Waals surface area (Å²) in [6.07, 6.45) is 3.38. The summed E-state index contributed by atoms with van der Waals surface area (Å²) in [7, 11) is 1.69. The SMILES string of the molecule is COC1CCC(c2ccc(-c3ccc(OCc4ccc(C5CO5)c(F)c4)cc3)c(F)c2F)CC1. The maximum Gasteiger partial charge on any atom is 0.166 e. The number of epoxide rings is 1. The number of hydrogen-bond acceptors (Lipinski definition) is 3. The Bertz CT molecular complexity index is 1150. The zero-order chi connectivity index (χ0) is 23.7. The van der Waals surface area contributed by atoms with Crippen LogP contribution in [0.15, 0.2) is 54.6 Å². The molecule has 6 heteroatoms. The molecule has 0 aromatic heterocycles. The van der Waals surface area contributed by atoms with Crippen molar-refractivity contribution in [3.63, 3.8) is 0 Å². The number of halogens is 3. The first-order valence-electron chi connectivity index (χ1n) is 11.7. The topological polar surface area (TPSA) is 31.0 Å². The van der Waals surface area contributed by atoms with Crippen molar-refractivity contribution in [1.29, 1.82) is 0 Å². The van der Waals surface area contributed by atoms with Crippen molar-refractivity contribution < 1.29 is 27.4 Å². The molecule has 1 unspecified atom stereocenters. The Labute approximate surface area is 197 Å². The lowest BCUT2D eigenvalue weighted by atomic mass is 9.82. The largest absolute Gasteiger partial charge is 0.489 e. The first kappa shape index (κ1) is 22.9. The Morgan fingerprint density at radius 1 is 0.853 bits per heavy atom. The average molecular weight is 469 g/mol. The summed E-state index contributed by atoms with van der Waals surface area (Å²) in [5.74, 6) is -1.31. The number of rotatable bonds is 7. The molecule has 1 aliphatic heterocycles. The van der Waals surface area contributed by atoms with Crippen LogP contribution in [0.1, 0.15) is 54.4 Å². The van der Waals surface area contributed by atoms with Crippen molar-refractivity contribution in [1.82, 2.24) is 0 Å². The molecular formula is C28H27F3O3. The standard InChI is InChI=1S/C28H27F3O3/c1-32-20-7-3-18(4-8-20)22-12-13-23(28(31)27(22)30)19-5-9-21(10-6-19)33-15-17-2-11-24(25(29)14-17)26-16-34-26/h2,5-6,9-14,18,20,26H,3-4,7-8,15-16H2,1H3. The molecule has 1 atom stereocenters. The molecule has 3 nitrogen and oxygen atoms in total. The predicted octanol–water partition coefficient (Wildman–Crippen LogP) is 7.09. The zero-order valence-corrected chi connectivity index (χ0v) is 19.0. The van der Waals surface area contributed by atoms with Crippen LogP contribution in [0.3, 0.4) is 0 Å². The minimum Gasteiger partial charge on any atom is -0.489 e. The fraction of sp³-hybridized carbons (Fsp3) is 0.357. The number of hydrogen-bond donors (Lipinski definition) is 0. The lowest BCUT2D eigenvalue weighted by Crippen LogP contribution is -2.20. The molecule has 1 heterocycles. The summed E-state index contributed by atoms with van der Waals surface area (Å²) in [5, 5.41) is 0. The van der Waals surface area contributed by atoms with Crippen LogP contribution in [0.2, 0.25) is 0 Å². The fourth-order valence-electron chi connectivity index (χ4n) is 4.76. The van der Waals surface area contributed by atoms with Crippen molar-refractivity contribution in [3.05, 3.63) is 88.7 Å². The van der Waals surface area contributed by atoms with E-state index in [1.807, 2.05) is 6.07 Å². The van der Waals surface area contributed by atoms with Gasteiger partial charge >= 0.3 is 0 Å². The van der Waals surface area contributed by atoms with Gasteiger partial charge in [-0.05, 0) is 66.5 Å². The molecule has 1 aliphatic carbocycles. The lowest BCUT2D eigenvalue weighted by Gasteiger charge is -2.28. The third kappa shape index (κ3) is 4.84. The minimum absolute atomic E-state index is 0.0152. The van der Waals surface area contributed by atoms with E-state index < -0.39 is 11.6 Å². The summed E-state index contributed by atoms with van der Waals surface area (Å²) in [4.78, 5) is 0. The van der Waals surface area contributed by atoms with E-state index in [9.17, 15) is 13.2 Å². The van der Waals surface area contributed by atoms with Gasteiger partial charge in [-0.3, -0.25) is 0 Å². The van der Waals surface area contributed by atoms with Crippen LogP contribution < -0.4 is 4.74 Å². The van der Waals surface area contributed by atoms with Gasteiger partial charge < -0.3 is 14.2 Å². The van der Waals surface area contributed by atoms with Gasteiger partial charge in [-0.2, -0.15) is 0 Å². The molecule has 5 rings (SSSR count). The smallest absolute Gasteiger partial charge is 0.166 e. The van der Waals surface area contributed by atoms with Gasteiger partial charge in [0.25, 0.3) is 0 Å². The highest BCUT2D eigenvalue weighted by Crippen LogP contribution is 2.38. The van der Waals surface area contributed by atoms with E-state index in [1.54, 1.807) is 49.6 Å². The molecule has 178 valence electrons. The number of methoxy groups -OCH3 is 1. The van der Waals surface area contributed by atoms with E-state index in [0.29, 0.717) is 34.6 Å². The second kappa shape index (κ2) is 9.80. The maximum atomic E-state index is 15.0. The van der Waals surface area contributed by atoms with E-state index in [0.717, 1.165) is 25.7 Å². The van der Waals surface area contributed by atoms with Gasteiger partial charge in [0, 0.05) is 18.2 Å². The molecule has 2 aliphatic rings. The Morgan fingerprint density at radius 3 is 2.21 bits per heavy atom. The van der Waals surface area contributed by atoms with Crippen molar-refractivity contribution in [2.24, 2.45) is 0 Å². The Morgan fingerprint density at radius 2 is 1.56 bits per heavy atom. The molecule has 0 amide bonds. The summed E-state index contributed by atoms with van der Waals surface area (Å²) in [6.45, 7) is 0.757. The Hall–Kier alpha value is -2.83. The summed E-state index contributed by atoms with van der Waals surface area (Å²) in [5.41, 5.74) is 2.50. The summed E-state index contributed by atoms with van der Waals surface area (Å²) < 4.78 is 60.3. The van der Waals surface area contributed by atoms with E-state index in [4.69, 9.17) is 14.2 Å². The monoisotopic (exact) mass is 468 g/mol. The summed E-state index contributed by atoms with van der Waals surface area (Å²) >= 11 is 0. The number of benzene rings is 3. The second-order valence-corrected chi connectivity index (χ2v) is 9.03. The molecule has 3 aromatic rings. The third-order valence-electron chi connectivity index (χ3n) is 6.88. The first-order valence-corrected chi connectivity index (χ1v) is 11.7. The molecule has 3 aromatic carbocycles. The molecule has 34 heavy (non-hydrogen) atoms. The first-order chi connectivity index (χ1) is 16.5. The van der Waals surface area contributed by atoms with Crippen LogP contribution in [0.5, 0.6) is 5.75 Å². The van der Waals surface area contributed by atoms with E-state index in [-0.39, 0.29) is 36.1 Å². The molecular weight excluding hydrogens is 441 g/mol. The molecule has 1 saturated carbocycles. The van der Waals surface area contributed by atoms with Crippen molar-refractivity contribution >= 4 is 0 Å². The van der Waals surface area contributed by atoms with Gasteiger partial charge in [-0.15, -0.1) is 0 Å². The van der Waals surface area contributed by atoms with Gasteiger partial charge in [0.1, 0.15) is 24.3 Å². The van der Waals surface area contributed by atoms with E-state index in [1.165, 1.54) is 6.07 Å². The molecule has 0 radical (unpaired) electrons. The van der Waals surface area contributed by atoms with Crippen LogP contribution in [-0.2, 0) is 16.1 Å². The van der Waals surface area contributed by atoms with Crippen LogP contribution in [0.25, 0.3) is 11.1 Å². The maximum absolute atomic E-state index is 15.0. The van der Waals surface area contributed by atoms with Crippen molar-refractivity contribution in [2.75, 3.05) is 13.7 Å². The van der Waals surface area contributed by atoms with Crippen LogP contribution in [0, 0.1) is 17.5 Å². The highest BCUT2D eigenvalue weighted by molar-refractivity contribution is 5.65. The van der Waals surface area contributed by atoms with Crippen LogP contribution in [0.4, 0.5) is 13.2 Å². The highest BCUT2D eigenvalue weighted by atomic mass is 19.2. The second-order valence-electron chi connectivity index (χ2n) is 9.03. The van der Waals surface area contributed by atoms with Gasteiger partial charge in [0.15, 0.2) is 11.6 Å². The van der Waals surface area contributed by atoms with E-state index >= 15 is 0 Å². The molecule has 1 saturated heterocycles. The zero-order valence-electron chi connectivity index (χ0n) is 19.0. The average Bonchev–Trinajstić information content (AvgIpc) is 3.70. The van der Waals surface area contributed by atoms with Crippen molar-refractivity contribution in [2.45, 2.75) is 50.4 Å². The van der Waals surface area contributed by atoms with Gasteiger partial charge in [0.2, 0.25) is 0 Å². The lowest BCUT2D eigenvalue weighted by molar-refractivity contribution is 0.0655. The van der Waals surface area contributed by atoms with Gasteiger partial charge in [-0.1, -0.05) is 36.4 Å². The normalized spacial score (nSPS) is 21.9. The predicted molar refractivity (Wildman–Crippen MR) is 123 cm³/mol. The molecule has 0 bridgehead atoms. The Balaban J connectivity index is 1.25. The fourth-order valence-corrected chi connectivity index (χ4v) is 4.76. The van der Waals surface area contributed by atoms with E-state index in [2.05, 4.69) is 0 Å². The third-order valence-corrected chi connectivity index (χ3v) is 6.88. The number of ether oxygens (including phenoxy) is 3. The Kier molecular flexibility index (Phi) is 6.61.